The molecule has 0 aromatic rings. The van der Waals surface area contributed by atoms with E-state index in [-0.39, 0.29) is 0 Å². The molecule has 6 nitrogen and oxygen atoms in total. The molecule has 2 N–H and O–H groups in total. The summed E-state index contributed by atoms with van der Waals surface area (Å²) in [6, 6.07) is 0. The molecule has 0 bridgehead atoms. The highest BCUT2D eigenvalue weighted by Gasteiger charge is 2.40. The molecule has 124 valence electrons. The molecule has 1 aliphatic heterocycles. The summed E-state index contributed by atoms with van der Waals surface area (Å²) in [5, 5.41) is 12.3. The molecule has 1 saturated heterocycles. The third-order valence-electron chi connectivity index (χ3n) is 3.71. The van der Waals surface area contributed by atoms with Gasteiger partial charge < -0.3 is 24.6 Å². The molecule has 1 atom stereocenters. The van der Waals surface area contributed by atoms with Gasteiger partial charge in [-0.25, -0.2) is 0 Å². The second-order valence-electron chi connectivity index (χ2n) is 5.36. The summed E-state index contributed by atoms with van der Waals surface area (Å²) >= 11 is 0. The molecule has 1 unspecified atom stereocenters. The summed E-state index contributed by atoms with van der Waals surface area (Å²) in [6.45, 7) is 6.34. The van der Waals surface area contributed by atoms with Gasteiger partial charge in [0.2, 0.25) is 0 Å². The van der Waals surface area contributed by atoms with Crippen molar-refractivity contribution < 1.29 is 24.1 Å². The lowest BCUT2D eigenvalue weighted by Crippen LogP contribution is -2.48. The summed E-state index contributed by atoms with van der Waals surface area (Å²) in [5.74, 6) is -0.774. The van der Waals surface area contributed by atoms with Crippen molar-refractivity contribution in [1.82, 2.24) is 5.32 Å². The predicted octanol–water partition coefficient (Wildman–Crippen LogP) is 1.43. The Morgan fingerprint density at radius 1 is 1.10 bits per heavy atom. The lowest BCUT2D eigenvalue weighted by atomic mass is 9.94. The Morgan fingerprint density at radius 3 is 2.24 bits per heavy atom. The van der Waals surface area contributed by atoms with Crippen LogP contribution in [0.3, 0.4) is 0 Å². The van der Waals surface area contributed by atoms with Gasteiger partial charge >= 0.3 is 5.97 Å². The molecule has 0 aliphatic carbocycles. The highest BCUT2D eigenvalue weighted by Crippen LogP contribution is 2.23. The van der Waals surface area contributed by atoms with Gasteiger partial charge in [0.15, 0.2) is 0 Å². The van der Waals surface area contributed by atoms with Crippen molar-refractivity contribution in [3.63, 3.8) is 0 Å². The van der Waals surface area contributed by atoms with Crippen molar-refractivity contribution in [2.45, 2.75) is 44.6 Å². The van der Waals surface area contributed by atoms with Crippen LogP contribution < -0.4 is 5.32 Å². The highest BCUT2D eigenvalue weighted by atomic mass is 16.5. The van der Waals surface area contributed by atoms with Crippen LogP contribution in [0.15, 0.2) is 0 Å². The van der Waals surface area contributed by atoms with Gasteiger partial charge in [-0.1, -0.05) is 13.3 Å². The zero-order valence-electron chi connectivity index (χ0n) is 13.1. The Morgan fingerprint density at radius 2 is 1.71 bits per heavy atom. The number of nitrogens with one attached hydrogen (secondary N) is 1. The van der Waals surface area contributed by atoms with Crippen LogP contribution in [0.25, 0.3) is 0 Å². The lowest BCUT2D eigenvalue weighted by Gasteiger charge is -2.24. The van der Waals surface area contributed by atoms with Crippen LogP contribution >= 0.6 is 0 Å². The monoisotopic (exact) mass is 303 g/mol. The fraction of sp³-hybridized carbons (Fsp3) is 0.933. The van der Waals surface area contributed by atoms with Crippen LogP contribution in [0.4, 0.5) is 0 Å². The average Bonchev–Trinajstić information content (AvgIpc) is 2.95. The molecule has 0 saturated carbocycles. The largest absolute Gasteiger partial charge is 0.480 e. The topological polar surface area (TPSA) is 77.0 Å². The quantitative estimate of drug-likeness (QED) is 0.501. The maximum atomic E-state index is 11.3. The number of carbonyl (C=O) groups is 1. The van der Waals surface area contributed by atoms with Crippen LogP contribution in [-0.2, 0) is 19.0 Å². The van der Waals surface area contributed by atoms with E-state index in [1.165, 1.54) is 0 Å². The van der Waals surface area contributed by atoms with Crippen molar-refractivity contribution in [2.75, 3.05) is 46.2 Å². The molecule has 0 aromatic heterocycles. The molecule has 6 heteroatoms. The first-order valence-electron chi connectivity index (χ1n) is 7.93. The first-order valence-corrected chi connectivity index (χ1v) is 7.93. The number of unbranched alkanes of at least 4 members (excludes halogenated alkanes) is 1. The van der Waals surface area contributed by atoms with E-state index in [0.717, 1.165) is 32.4 Å². The number of carboxylic acids is 1. The fourth-order valence-corrected chi connectivity index (χ4v) is 2.34. The zero-order chi connectivity index (χ0) is 15.4. The number of hydrogen-bond donors (Lipinski definition) is 2. The van der Waals surface area contributed by atoms with E-state index in [2.05, 4.69) is 12.2 Å². The summed E-state index contributed by atoms with van der Waals surface area (Å²) in [7, 11) is 0. The van der Waals surface area contributed by atoms with E-state index in [1.807, 2.05) is 0 Å². The van der Waals surface area contributed by atoms with Crippen LogP contribution in [0.5, 0.6) is 0 Å². The Hall–Kier alpha value is -0.690. The van der Waals surface area contributed by atoms with Crippen molar-refractivity contribution >= 4 is 5.97 Å². The number of aliphatic carboxylic acids is 1. The molecule has 1 aliphatic rings. The van der Waals surface area contributed by atoms with Gasteiger partial charge in [0.05, 0.1) is 26.4 Å². The van der Waals surface area contributed by atoms with Crippen molar-refractivity contribution in [3.8, 4) is 0 Å². The van der Waals surface area contributed by atoms with Crippen LogP contribution in [0.1, 0.15) is 39.0 Å². The molecule has 0 aromatic carbocycles. The first-order chi connectivity index (χ1) is 10.2. The SMILES string of the molecule is CCCCOCCOCCOCCC1(C(=O)O)CCCN1. The van der Waals surface area contributed by atoms with E-state index in [0.29, 0.717) is 45.9 Å². The fourth-order valence-electron chi connectivity index (χ4n) is 2.34. The third-order valence-corrected chi connectivity index (χ3v) is 3.71. The van der Waals surface area contributed by atoms with Gasteiger partial charge in [-0.05, 0) is 32.2 Å². The maximum Gasteiger partial charge on any atom is 0.323 e. The van der Waals surface area contributed by atoms with Gasteiger partial charge in [-0.2, -0.15) is 0 Å². The van der Waals surface area contributed by atoms with Gasteiger partial charge in [0.25, 0.3) is 0 Å². The van der Waals surface area contributed by atoms with Crippen molar-refractivity contribution in [2.24, 2.45) is 0 Å². The summed E-state index contributed by atoms with van der Waals surface area (Å²) in [5.41, 5.74) is -0.784. The molecular formula is C15H29NO5. The summed E-state index contributed by atoms with van der Waals surface area (Å²) in [6.07, 6.45) is 4.32. The van der Waals surface area contributed by atoms with Gasteiger partial charge in [0.1, 0.15) is 5.54 Å². The van der Waals surface area contributed by atoms with Gasteiger partial charge in [-0.3, -0.25) is 4.79 Å². The molecule has 1 rings (SSSR count). The van der Waals surface area contributed by atoms with Crippen LogP contribution in [0.2, 0.25) is 0 Å². The smallest absolute Gasteiger partial charge is 0.323 e. The van der Waals surface area contributed by atoms with Crippen LogP contribution in [0, 0.1) is 0 Å². The minimum atomic E-state index is -0.784. The highest BCUT2D eigenvalue weighted by molar-refractivity contribution is 5.79. The Balaban J connectivity index is 1.91. The van der Waals surface area contributed by atoms with E-state index in [9.17, 15) is 9.90 Å². The molecular weight excluding hydrogens is 274 g/mol. The van der Waals surface area contributed by atoms with Gasteiger partial charge in [0, 0.05) is 13.2 Å². The minimum Gasteiger partial charge on any atom is -0.480 e. The molecule has 1 fully saturated rings. The standard InChI is InChI=1S/C15H29NO5/c1-2-3-8-19-10-12-21-13-11-20-9-6-15(14(17)18)5-4-7-16-15/h16H,2-13H2,1H3,(H,17,18). The Kier molecular flexibility index (Phi) is 9.58. The normalized spacial score (nSPS) is 21.8. The zero-order valence-corrected chi connectivity index (χ0v) is 13.1. The second kappa shape index (κ2) is 11.0. The van der Waals surface area contributed by atoms with E-state index < -0.39 is 11.5 Å². The van der Waals surface area contributed by atoms with Crippen molar-refractivity contribution in [3.05, 3.63) is 0 Å². The number of rotatable bonds is 13. The molecule has 21 heavy (non-hydrogen) atoms. The van der Waals surface area contributed by atoms with Crippen LogP contribution in [-0.4, -0.2) is 62.8 Å². The Labute approximate surface area is 127 Å². The minimum absolute atomic E-state index is 0.440. The number of ether oxygens (including phenoxy) is 3. The molecule has 0 spiro atoms. The lowest BCUT2D eigenvalue weighted by molar-refractivity contribution is -0.145. The number of carboxylic acid groups (broad SMARTS) is 1. The second-order valence-corrected chi connectivity index (χ2v) is 5.36. The van der Waals surface area contributed by atoms with E-state index in [1.54, 1.807) is 0 Å². The van der Waals surface area contributed by atoms with Crippen molar-refractivity contribution in [1.29, 1.82) is 0 Å². The predicted molar refractivity (Wildman–Crippen MR) is 79.6 cm³/mol. The molecule has 0 amide bonds. The summed E-state index contributed by atoms with van der Waals surface area (Å²) < 4.78 is 16.2. The first kappa shape index (κ1) is 18.4. The number of hydrogen-bond acceptors (Lipinski definition) is 5. The molecule has 0 radical (unpaired) electrons. The van der Waals surface area contributed by atoms with Gasteiger partial charge in [-0.15, -0.1) is 0 Å². The third kappa shape index (κ3) is 7.22. The maximum absolute atomic E-state index is 11.3. The van der Waals surface area contributed by atoms with E-state index in [4.69, 9.17) is 14.2 Å². The Bertz CT molecular complexity index is 279. The van der Waals surface area contributed by atoms with E-state index >= 15 is 0 Å². The summed E-state index contributed by atoms with van der Waals surface area (Å²) in [4.78, 5) is 11.3. The average molecular weight is 303 g/mol. The molecule has 1 heterocycles.